The molecule has 1 aliphatic rings. The topological polar surface area (TPSA) is 75.6 Å². The Morgan fingerprint density at radius 2 is 1.87 bits per heavy atom. The minimum absolute atomic E-state index is 0.00472. The summed E-state index contributed by atoms with van der Waals surface area (Å²) >= 11 is 0. The van der Waals surface area contributed by atoms with E-state index in [2.05, 4.69) is 62.7 Å². The number of aliphatic hydroxyl groups is 1. The average molecular weight is 518 g/mol. The molecular weight excluding hydrogens is 474 g/mol. The molecule has 5 heteroatoms. The number of aliphatic hydroxyl groups excluding tert-OH is 1. The van der Waals surface area contributed by atoms with Gasteiger partial charge in [-0.1, -0.05) is 42.0 Å². The van der Waals surface area contributed by atoms with E-state index in [-0.39, 0.29) is 25.4 Å². The van der Waals surface area contributed by atoms with Gasteiger partial charge in [0.2, 0.25) is 5.91 Å². The number of nitrogens with one attached hydrogen (secondary N) is 1. The van der Waals surface area contributed by atoms with Gasteiger partial charge < -0.3 is 15.2 Å². The fraction of sp³-hybridized carbons (Fsp3) is 0.455. The van der Waals surface area contributed by atoms with Gasteiger partial charge in [-0.25, -0.2) is 0 Å². The highest BCUT2D eigenvalue weighted by atomic mass is 16.5. The lowest BCUT2D eigenvalue weighted by atomic mass is 9.87. The van der Waals surface area contributed by atoms with Crippen molar-refractivity contribution in [1.82, 2.24) is 5.32 Å². The number of amides is 1. The second-order valence-corrected chi connectivity index (χ2v) is 10.4. The summed E-state index contributed by atoms with van der Waals surface area (Å²) < 4.78 is 5.23. The zero-order valence-electron chi connectivity index (χ0n) is 23.2. The molecular formula is C33H43NO4. The Bertz CT molecular complexity index is 1150. The van der Waals surface area contributed by atoms with E-state index in [0.717, 1.165) is 49.7 Å². The molecule has 0 saturated heterocycles. The van der Waals surface area contributed by atoms with Crippen LogP contribution in [0.5, 0.6) is 0 Å². The van der Waals surface area contributed by atoms with Crippen LogP contribution in [0.4, 0.5) is 0 Å². The van der Waals surface area contributed by atoms with Crippen LogP contribution in [0.15, 0.2) is 55.6 Å². The maximum Gasteiger partial charge on any atom is 0.308 e. The van der Waals surface area contributed by atoms with Crippen LogP contribution < -0.4 is 5.32 Å². The number of ether oxygens (including phenoxy) is 1. The molecule has 1 saturated carbocycles. The number of carbonyl (C=O) groups is 2. The summed E-state index contributed by atoms with van der Waals surface area (Å²) in [5, 5.41) is 13.2. The number of allylic oxidation sites excluding steroid dienone is 1. The summed E-state index contributed by atoms with van der Waals surface area (Å²) in [4.78, 5) is 25.3. The molecule has 0 bridgehead atoms. The van der Waals surface area contributed by atoms with Crippen molar-refractivity contribution in [2.45, 2.75) is 90.2 Å². The van der Waals surface area contributed by atoms with Crippen LogP contribution in [0, 0.1) is 13.8 Å². The molecule has 2 atom stereocenters. The summed E-state index contributed by atoms with van der Waals surface area (Å²) in [5.41, 5.74) is 8.19. The summed E-state index contributed by atoms with van der Waals surface area (Å²) in [6, 6.07) is 10.4. The molecule has 1 aliphatic carbocycles. The number of rotatable bonds is 15. The van der Waals surface area contributed by atoms with Gasteiger partial charge >= 0.3 is 5.97 Å². The Kier molecular flexibility index (Phi) is 10.9. The van der Waals surface area contributed by atoms with Gasteiger partial charge in [0.25, 0.3) is 0 Å². The highest BCUT2D eigenvalue weighted by Crippen LogP contribution is 2.43. The second kappa shape index (κ2) is 14.1. The Labute approximate surface area is 228 Å². The van der Waals surface area contributed by atoms with Gasteiger partial charge in [0.1, 0.15) is 6.10 Å². The molecule has 38 heavy (non-hydrogen) atoms. The quantitative estimate of drug-likeness (QED) is 0.155. The van der Waals surface area contributed by atoms with Gasteiger partial charge in [-0.15, -0.1) is 13.2 Å². The lowest BCUT2D eigenvalue weighted by Gasteiger charge is -2.23. The SMILES string of the molecule is C=CCCCCc1cc(C)cc(C)c1-c1cc(C2CC2)cc([C@H](CC(=O)OCC)NC(=O)[C@H](O)CC=C)c1. The van der Waals surface area contributed by atoms with E-state index >= 15 is 0 Å². The Morgan fingerprint density at radius 1 is 1.11 bits per heavy atom. The molecule has 3 rings (SSSR count). The van der Waals surface area contributed by atoms with Crippen molar-refractivity contribution in [2.24, 2.45) is 0 Å². The van der Waals surface area contributed by atoms with E-state index in [9.17, 15) is 14.7 Å². The van der Waals surface area contributed by atoms with Crippen molar-refractivity contribution in [1.29, 1.82) is 0 Å². The van der Waals surface area contributed by atoms with Crippen LogP contribution in [0.25, 0.3) is 11.1 Å². The second-order valence-electron chi connectivity index (χ2n) is 10.4. The first-order chi connectivity index (χ1) is 18.3. The van der Waals surface area contributed by atoms with Gasteiger partial charge in [0, 0.05) is 6.42 Å². The molecule has 2 N–H and O–H groups in total. The molecule has 2 aromatic rings. The van der Waals surface area contributed by atoms with Crippen LogP contribution in [0.2, 0.25) is 0 Å². The molecule has 0 radical (unpaired) electrons. The molecule has 0 unspecified atom stereocenters. The average Bonchev–Trinajstić information content (AvgIpc) is 3.71. The molecule has 5 nitrogen and oxygen atoms in total. The number of hydrogen-bond acceptors (Lipinski definition) is 4. The normalized spacial score (nSPS) is 14.4. The Balaban J connectivity index is 2.06. The van der Waals surface area contributed by atoms with Crippen molar-refractivity contribution in [2.75, 3.05) is 6.61 Å². The molecule has 0 aliphatic heterocycles. The molecule has 204 valence electrons. The van der Waals surface area contributed by atoms with E-state index in [1.807, 2.05) is 6.08 Å². The maximum atomic E-state index is 12.8. The summed E-state index contributed by atoms with van der Waals surface area (Å²) in [5.74, 6) is -0.420. The van der Waals surface area contributed by atoms with Gasteiger partial charge in [0.05, 0.1) is 19.1 Å². The fourth-order valence-electron chi connectivity index (χ4n) is 5.12. The van der Waals surface area contributed by atoms with Gasteiger partial charge in [-0.3, -0.25) is 9.59 Å². The number of unbranched alkanes of at least 4 members (excludes halogenated alkanes) is 2. The molecule has 1 amide bonds. The van der Waals surface area contributed by atoms with Crippen LogP contribution in [0.3, 0.4) is 0 Å². The van der Waals surface area contributed by atoms with Crippen LogP contribution in [0.1, 0.15) is 91.6 Å². The van der Waals surface area contributed by atoms with Crippen molar-refractivity contribution >= 4 is 11.9 Å². The Hall–Kier alpha value is -3.18. The van der Waals surface area contributed by atoms with Crippen LogP contribution >= 0.6 is 0 Å². The molecule has 0 aromatic heterocycles. The van der Waals surface area contributed by atoms with E-state index in [4.69, 9.17) is 4.74 Å². The number of hydrogen-bond donors (Lipinski definition) is 2. The molecule has 1 fully saturated rings. The van der Waals surface area contributed by atoms with Crippen molar-refractivity contribution < 1.29 is 19.4 Å². The van der Waals surface area contributed by atoms with Crippen LogP contribution in [-0.2, 0) is 20.7 Å². The van der Waals surface area contributed by atoms with Gasteiger partial charge in [-0.2, -0.15) is 0 Å². The smallest absolute Gasteiger partial charge is 0.308 e. The molecule has 0 spiro atoms. The standard InChI is InChI=1S/C33H43NO4/c1-6-9-10-11-13-25-17-22(4)16-23(5)32(25)28-19-26(24-14-15-24)18-27(20-28)29(21-31(36)38-8-3)34-33(37)30(35)12-7-2/h6-7,16-20,24,29-30,35H,1-2,8-15,21H2,3-5H3,(H,34,37)/t29-,30+/m0/s1. The third-order valence-electron chi connectivity index (χ3n) is 7.07. The maximum absolute atomic E-state index is 12.8. The summed E-state index contributed by atoms with van der Waals surface area (Å²) in [7, 11) is 0. The van der Waals surface area contributed by atoms with Crippen molar-refractivity contribution in [3.05, 3.63) is 83.5 Å². The number of esters is 1. The predicted molar refractivity (Wildman–Crippen MR) is 154 cm³/mol. The van der Waals surface area contributed by atoms with E-state index < -0.39 is 18.1 Å². The lowest BCUT2D eigenvalue weighted by Crippen LogP contribution is -2.38. The summed E-state index contributed by atoms with van der Waals surface area (Å²) in [6.45, 7) is 13.8. The number of carbonyl (C=O) groups excluding carboxylic acids is 2. The third-order valence-corrected chi connectivity index (χ3v) is 7.07. The van der Waals surface area contributed by atoms with Crippen molar-refractivity contribution in [3.63, 3.8) is 0 Å². The number of aryl methyl sites for hydroxylation is 3. The molecule has 2 aromatic carbocycles. The zero-order valence-corrected chi connectivity index (χ0v) is 23.2. The minimum Gasteiger partial charge on any atom is -0.466 e. The first kappa shape index (κ1) is 29.4. The van der Waals surface area contributed by atoms with Crippen LogP contribution in [-0.4, -0.2) is 29.7 Å². The van der Waals surface area contributed by atoms with E-state index in [0.29, 0.717) is 5.92 Å². The zero-order chi connectivity index (χ0) is 27.7. The highest BCUT2D eigenvalue weighted by Gasteiger charge is 2.28. The van der Waals surface area contributed by atoms with E-state index in [1.165, 1.54) is 33.9 Å². The fourth-order valence-corrected chi connectivity index (χ4v) is 5.12. The minimum atomic E-state index is -1.22. The van der Waals surface area contributed by atoms with E-state index in [1.54, 1.807) is 6.92 Å². The predicted octanol–water partition coefficient (Wildman–Crippen LogP) is 6.79. The first-order valence-electron chi connectivity index (χ1n) is 13.9. The lowest BCUT2D eigenvalue weighted by molar-refractivity contribution is -0.144. The van der Waals surface area contributed by atoms with Gasteiger partial charge in [0.15, 0.2) is 0 Å². The first-order valence-corrected chi connectivity index (χ1v) is 13.9. The monoisotopic (exact) mass is 517 g/mol. The Morgan fingerprint density at radius 3 is 2.53 bits per heavy atom. The largest absolute Gasteiger partial charge is 0.466 e. The number of benzene rings is 2. The summed E-state index contributed by atoms with van der Waals surface area (Å²) in [6.07, 6.45) is 8.84. The van der Waals surface area contributed by atoms with Gasteiger partial charge in [-0.05, 0) is 105 Å². The van der Waals surface area contributed by atoms with Crippen molar-refractivity contribution in [3.8, 4) is 11.1 Å². The highest BCUT2D eigenvalue weighted by molar-refractivity contribution is 5.82. The molecule has 0 heterocycles. The third kappa shape index (κ3) is 8.16.